The lowest BCUT2D eigenvalue weighted by Gasteiger charge is -2.16. The molecule has 3 aromatic carbocycles. The molecule has 0 radical (unpaired) electrons. The van der Waals surface area contributed by atoms with Crippen LogP contribution < -0.4 is 24.8 Å². The van der Waals surface area contributed by atoms with Crippen LogP contribution in [0.4, 0.5) is 5.69 Å². The molecule has 4 rings (SSSR count). The van der Waals surface area contributed by atoms with Gasteiger partial charge in [-0.1, -0.05) is 36.4 Å². The first-order valence-electron chi connectivity index (χ1n) is 9.88. The molecule has 1 atom stereocenters. The summed E-state index contributed by atoms with van der Waals surface area (Å²) < 4.78 is 16.3. The highest BCUT2D eigenvalue weighted by Crippen LogP contribution is 2.32. The Morgan fingerprint density at radius 1 is 0.968 bits per heavy atom. The van der Waals surface area contributed by atoms with Crippen molar-refractivity contribution in [3.63, 3.8) is 0 Å². The minimum atomic E-state index is -0.729. The third-order valence-corrected chi connectivity index (χ3v) is 4.74. The molecule has 1 heterocycles. The van der Waals surface area contributed by atoms with Gasteiger partial charge in [0.1, 0.15) is 5.75 Å². The molecule has 31 heavy (non-hydrogen) atoms. The maximum atomic E-state index is 12.8. The van der Waals surface area contributed by atoms with Gasteiger partial charge in [0, 0.05) is 6.54 Å². The summed E-state index contributed by atoms with van der Waals surface area (Å²) in [4.78, 5) is 25.4. The second-order valence-electron chi connectivity index (χ2n) is 6.98. The van der Waals surface area contributed by atoms with Crippen LogP contribution in [-0.4, -0.2) is 24.7 Å². The molecule has 1 unspecified atom stereocenters. The Morgan fingerprint density at radius 2 is 1.71 bits per heavy atom. The number of hydrogen-bond acceptors (Lipinski definition) is 5. The van der Waals surface area contributed by atoms with E-state index in [1.807, 2.05) is 36.4 Å². The normalized spacial score (nSPS) is 12.7. The molecule has 2 amide bonds. The number of ether oxygens (including phenoxy) is 3. The van der Waals surface area contributed by atoms with Crippen LogP contribution in [0.2, 0.25) is 0 Å². The Balaban J connectivity index is 1.39. The quantitative estimate of drug-likeness (QED) is 0.610. The largest absolute Gasteiger partial charge is 0.481 e. The van der Waals surface area contributed by atoms with Crippen molar-refractivity contribution in [3.8, 4) is 17.2 Å². The van der Waals surface area contributed by atoms with Gasteiger partial charge in [0.25, 0.3) is 11.8 Å². The van der Waals surface area contributed by atoms with Crippen LogP contribution in [0.1, 0.15) is 22.8 Å². The molecule has 7 nitrogen and oxygen atoms in total. The molecule has 0 fully saturated rings. The van der Waals surface area contributed by atoms with Crippen molar-refractivity contribution >= 4 is 17.5 Å². The summed E-state index contributed by atoms with van der Waals surface area (Å²) in [6.07, 6.45) is -0.729. The van der Waals surface area contributed by atoms with E-state index in [2.05, 4.69) is 10.6 Å². The first-order valence-corrected chi connectivity index (χ1v) is 9.88. The monoisotopic (exact) mass is 418 g/mol. The average molecular weight is 418 g/mol. The van der Waals surface area contributed by atoms with Gasteiger partial charge in [0.05, 0.1) is 11.3 Å². The van der Waals surface area contributed by atoms with Gasteiger partial charge in [-0.2, -0.15) is 0 Å². The predicted octanol–water partition coefficient (Wildman–Crippen LogP) is 3.75. The lowest BCUT2D eigenvalue weighted by atomic mass is 10.1. The number of carbonyl (C=O) groups is 2. The highest BCUT2D eigenvalue weighted by atomic mass is 16.7. The molecule has 3 aromatic rings. The van der Waals surface area contributed by atoms with Crippen LogP contribution in [0.15, 0.2) is 72.8 Å². The lowest BCUT2D eigenvalue weighted by molar-refractivity contribution is -0.122. The molecule has 0 bridgehead atoms. The summed E-state index contributed by atoms with van der Waals surface area (Å²) in [6, 6.07) is 21.4. The number of benzene rings is 3. The molecule has 0 aromatic heterocycles. The summed E-state index contributed by atoms with van der Waals surface area (Å²) in [6.45, 7) is 2.17. The molecule has 2 N–H and O–H groups in total. The van der Waals surface area contributed by atoms with E-state index in [1.54, 1.807) is 43.3 Å². The Morgan fingerprint density at radius 3 is 2.55 bits per heavy atom. The molecule has 0 aliphatic carbocycles. The van der Waals surface area contributed by atoms with E-state index in [0.717, 1.165) is 5.56 Å². The third-order valence-electron chi connectivity index (χ3n) is 4.74. The fourth-order valence-electron chi connectivity index (χ4n) is 3.11. The van der Waals surface area contributed by atoms with Crippen molar-refractivity contribution < 1.29 is 23.8 Å². The molecule has 1 aliphatic heterocycles. The van der Waals surface area contributed by atoms with Crippen molar-refractivity contribution in [2.75, 3.05) is 12.1 Å². The summed E-state index contributed by atoms with van der Waals surface area (Å²) in [5.74, 6) is 1.30. The van der Waals surface area contributed by atoms with Crippen molar-refractivity contribution in [2.45, 2.75) is 19.6 Å². The van der Waals surface area contributed by atoms with E-state index >= 15 is 0 Å². The second kappa shape index (κ2) is 9.21. The Labute approximate surface area is 179 Å². The van der Waals surface area contributed by atoms with Gasteiger partial charge in [-0.05, 0) is 48.9 Å². The van der Waals surface area contributed by atoms with E-state index in [-0.39, 0.29) is 18.6 Å². The molecule has 0 saturated carbocycles. The van der Waals surface area contributed by atoms with Gasteiger partial charge in [-0.3, -0.25) is 9.59 Å². The van der Waals surface area contributed by atoms with Crippen molar-refractivity contribution in [1.82, 2.24) is 5.32 Å². The van der Waals surface area contributed by atoms with Gasteiger partial charge in [-0.25, -0.2) is 0 Å². The van der Waals surface area contributed by atoms with Crippen molar-refractivity contribution in [3.05, 3.63) is 83.9 Å². The molecule has 0 saturated heterocycles. The van der Waals surface area contributed by atoms with Crippen LogP contribution >= 0.6 is 0 Å². The molecular formula is C24H22N2O5. The molecule has 158 valence electrons. The summed E-state index contributed by atoms with van der Waals surface area (Å²) in [5, 5.41) is 5.65. The number of hydrogen-bond donors (Lipinski definition) is 2. The molecule has 1 aliphatic rings. The molecule has 7 heteroatoms. The van der Waals surface area contributed by atoms with Crippen LogP contribution in [0, 0.1) is 0 Å². The Bertz CT molecular complexity index is 1080. The van der Waals surface area contributed by atoms with E-state index in [4.69, 9.17) is 14.2 Å². The van der Waals surface area contributed by atoms with Crippen LogP contribution in [0.3, 0.4) is 0 Å². The highest BCUT2D eigenvalue weighted by molar-refractivity contribution is 6.04. The minimum Gasteiger partial charge on any atom is -0.481 e. The van der Waals surface area contributed by atoms with Crippen molar-refractivity contribution in [2.24, 2.45) is 0 Å². The van der Waals surface area contributed by atoms with Gasteiger partial charge in [0.15, 0.2) is 17.6 Å². The Hall–Kier alpha value is -4.00. The maximum Gasteiger partial charge on any atom is 0.265 e. The summed E-state index contributed by atoms with van der Waals surface area (Å²) in [7, 11) is 0. The molecule has 0 spiro atoms. The van der Waals surface area contributed by atoms with Crippen LogP contribution in [0.5, 0.6) is 17.2 Å². The predicted molar refractivity (Wildman–Crippen MR) is 115 cm³/mol. The lowest BCUT2D eigenvalue weighted by Crippen LogP contribution is -2.31. The first kappa shape index (κ1) is 20.3. The summed E-state index contributed by atoms with van der Waals surface area (Å²) in [5.41, 5.74) is 1.66. The van der Waals surface area contributed by atoms with Gasteiger partial charge < -0.3 is 24.8 Å². The van der Waals surface area contributed by atoms with E-state index in [0.29, 0.717) is 35.0 Å². The minimum absolute atomic E-state index is 0.199. The van der Waals surface area contributed by atoms with E-state index in [9.17, 15) is 9.59 Å². The fraction of sp³-hybridized carbons (Fsp3) is 0.167. The van der Waals surface area contributed by atoms with Crippen LogP contribution in [-0.2, 0) is 11.3 Å². The third kappa shape index (κ3) is 4.95. The number of nitrogens with one attached hydrogen (secondary N) is 2. The first-order chi connectivity index (χ1) is 15.1. The maximum absolute atomic E-state index is 12.8. The standard InChI is InChI=1S/C24H22N2O5/c1-16(31-18-7-3-2-4-8-18)23(27)26-20-10-6-5-9-19(20)24(28)25-14-17-11-12-21-22(13-17)30-15-29-21/h2-13,16H,14-15H2,1H3,(H,25,28)(H,26,27). The second-order valence-corrected chi connectivity index (χ2v) is 6.98. The van der Waals surface area contributed by atoms with Crippen LogP contribution in [0.25, 0.3) is 0 Å². The SMILES string of the molecule is CC(Oc1ccccc1)C(=O)Nc1ccccc1C(=O)NCc1ccc2c(c1)OCO2. The average Bonchev–Trinajstić information content (AvgIpc) is 3.26. The Kier molecular flexibility index (Phi) is 6.03. The number of amides is 2. The number of rotatable bonds is 7. The zero-order valence-electron chi connectivity index (χ0n) is 17.0. The summed E-state index contributed by atoms with van der Waals surface area (Å²) >= 11 is 0. The molecular weight excluding hydrogens is 396 g/mol. The zero-order chi connectivity index (χ0) is 21.6. The topological polar surface area (TPSA) is 85.9 Å². The smallest absolute Gasteiger partial charge is 0.265 e. The van der Waals surface area contributed by atoms with Gasteiger partial charge in [-0.15, -0.1) is 0 Å². The number of para-hydroxylation sites is 2. The number of anilines is 1. The highest BCUT2D eigenvalue weighted by Gasteiger charge is 2.19. The van der Waals surface area contributed by atoms with E-state index in [1.165, 1.54) is 0 Å². The fourth-order valence-corrected chi connectivity index (χ4v) is 3.11. The van der Waals surface area contributed by atoms with Crippen molar-refractivity contribution in [1.29, 1.82) is 0 Å². The number of fused-ring (bicyclic) bond motifs is 1. The van der Waals surface area contributed by atoms with Gasteiger partial charge >= 0.3 is 0 Å². The zero-order valence-corrected chi connectivity index (χ0v) is 17.0. The van der Waals surface area contributed by atoms with Gasteiger partial charge in [0.2, 0.25) is 6.79 Å². The number of carbonyl (C=O) groups excluding carboxylic acids is 2. The van der Waals surface area contributed by atoms with E-state index < -0.39 is 6.10 Å².